The Morgan fingerprint density at radius 2 is 2.24 bits per heavy atom. The highest BCUT2D eigenvalue weighted by Gasteiger charge is 2.22. The van der Waals surface area contributed by atoms with E-state index in [2.05, 4.69) is 36.5 Å². The van der Waals surface area contributed by atoms with E-state index in [1.54, 1.807) is 10.9 Å². The van der Waals surface area contributed by atoms with Gasteiger partial charge in [0, 0.05) is 13.2 Å². The van der Waals surface area contributed by atoms with Crippen LogP contribution in [0.5, 0.6) is 0 Å². The van der Waals surface area contributed by atoms with Gasteiger partial charge >= 0.3 is 0 Å². The first-order valence-electron chi connectivity index (χ1n) is 5.29. The van der Waals surface area contributed by atoms with Crippen molar-refractivity contribution in [1.29, 1.82) is 0 Å². The third-order valence-corrected chi connectivity index (χ3v) is 3.28. The fourth-order valence-electron chi connectivity index (χ4n) is 1.85. The van der Waals surface area contributed by atoms with Gasteiger partial charge in [0.2, 0.25) is 0 Å². The van der Waals surface area contributed by atoms with Gasteiger partial charge in [0.05, 0.1) is 17.4 Å². The van der Waals surface area contributed by atoms with Crippen molar-refractivity contribution >= 4 is 15.9 Å². The molecule has 1 unspecified atom stereocenters. The van der Waals surface area contributed by atoms with E-state index in [0.29, 0.717) is 0 Å². The van der Waals surface area contributed by atoms with E-state index in [-0.39, 0.29) is 6.04 Å². The van der Waals surface area contributed by atoms with Gasteiger partial charge in [-0.1, -0.05) is 11.3 Å². The van der Waals surface area contributed by atoms with Crippen molar-refractivity contribution in [2.75, 3.05) is 7.05 Å². The molecule has 0 saturated carbocycles. The summed E-state index contributed by atoms with van der Waals surface area (Å²) in [5.41, 5.74) is 3.09. The topological polar surface area (TPSA) is 55.6 Å². The number of hydrogen-bond donors (Lipinski definition) is 1. The number of pyridine rings is 1. The van der Waals surface area contributed by atoms with Crippen molar-refractivity contribution in [2.45, 2.75) is 13.0 Å². The van der Waals surface area contributed by atoms with E-state index in [0.717, 1.165) is 21.6 Å². The SMILES string of the molecule is CNC(c1ncccc1C)c1c(Br)nnn1C. The molecule has 6 heteroatoms. The van der Waals surface area contributed by atoms with Crippen molar-refractivity contribution in [3.05, 3.63) is 39.9 Å². The summed E-state index contributed by atoms with van der Waals surface area (Å²) in [5, 5.41) is 11.2. The van der Waals surface area contributed by atoms with Gasteiger partial charge in [0.15, 0.2) is 4.60 Å². The molecule has 1 N–H and O–H groups in total. The highest BCUT2D eigenvalue weighted by molar-refractivity contribution is 9.10. The fourth-order valence-corrected chi connectivity index (χ4v) is 2.40. The summed E-state index contributed by atoms with van der Waals surface area (Å²) in [7, 11) is 3.77. The number of aryl methyl sites for hydroxylation is 2. The Hall–Kier alpha value is -1.27. The number of hydrogen-bond acceptors (Lipinski definition) is 4. The Morgan fingerprint density at radius 3 is 2.76 bits per heavy atom. The highest BCUT2D eigenvalue weighted by atomic mass is 79.9. The van der Waals surface area contributed by atoms with Crippen molar-refractivity contribution < 1.29 is 0 Å². The van der Waals surface area contributed by atoms with Gasteiger partial charge in [-0.3, -0.25) is 4.98 Å². The lowest BCUT2D eigenvalue weighted by Gasteiger charge is -2.17. The van der Waals surface area contributed by atoms with Gasteiger partial charge in [-0.15, -0.1) is 5.10 Å². The molecule has 0 bridgehead atoms. The van der Waals surface area contributed by atoms with Crippen LogP contribution in [0.4, 0.5) is 0 Å². The minimum absolute atomic E-state index is 0.0226. The molecule has 0 fully saturated rings. The molecule has 2 rings (SSSR count). The zero-order chi connectivity index (χ0) is 12.4. The van der Waals surface area contributed by atoms with Crippen LogP contribution in [-0.2, 0) is 7.05 Å². The molecular weight excluding hydrogens is 282 g/mol. The molecular formula is C11H14BrN5. The first kappa shape index (κ1) is 12.2. The second kappa shape index (κ2) is 4.93. The quantitative estimate of drug-likeness (QED) is 0.934. The number of halogens is 1. The molecule has 0 aromatic carbocycles. The summed E-state index contributed by atoms with van der Waals surface area (Å²) in [4.78, 5) is 4.44. The van der Waals surface area contributed by atoms with Crippen molar-refractivity contribution in [3.8, 4) is 0 Å². The maximum Gasteiger partial charge on any atom is 0.153 e. The Kier molecular flexibility index (Phi) is 3.54. The molecule has 17 heavy (non-hydrogen) atoms. The molecule has 2 heterocycles. The lowest BCUT2D eigenvalue weighted by Crippen LogP contribution is -2.23. The summed E-state index contributed by atoms with van der Waals surface area (Å²) in [6, 6.07) is 3.96. The predicted octanol–water partition coefficient (Wildman–Crippen LogP) is 1.59. The average Bonchev–Trinajstić information content (AvgIpc) is 2.64. The average molecular weight is 296 g/mol. The standard InChI is InChI=1S/C11H14BrN5/c1-7-5-4-6-14-8(7)9(13-2)10-11(12)15-16-17(10)3/h4-6,9,13H,1-3H3. The molecule has 0 aliphatic rings. The lowest BCUT2D eigenvalue weighted by molar-refractivity contribution is 0.584. The van der Waals surface area contributed by atoms with Gasteiger partial charge in [0.25, 0.3) is 0 Å². The van der Waals surface area contributed by atoms with Gasteiger partial charge in [-0.05, 0) is 41.5 Å². The first-order valence-corrected chi connectivity index (χ1v) is 6.08. The summed E-state index contributed by atoms with van der Waals surface area (Å²) >= 11 is 3.42. The van der Waals surface area contributed by atoms with E-state index < -0.39 is 0 Å². The summed E-state index contributed by atoms with van der Waals surface area (Å²) < 4.78 is 2.49. The third kappa shape index (κ3) is 2.23. The zero-order valence-electron chi connectivity index (χ0n) is 9.98. The molecule has 2 aromatic heterocycles. The largest absolute Gasteiger partial charge is 0.307 e. The van der Waals surface area contributed by atoms with E-state index >= 15 is 0 Å². The molecule has 0 spiro atoms. The smallest absolute Gasteiger partial charge is 0.153 e. The minimum Gasteiger partial charge on any atom is -0.307 e. The molecule has 0 aliphatic carbocycles. The van der Waals surface area contributed by atoms with Gasteiger partial charge in [-0.2, -0.15) is 0 Å². The normalized spacial score (nSPS) is 12.7. The zero-order valence-corrected chi connectivity index (χ0v) is 11.6. The number of nitrogens with one attached hydrogen (secondary N) is 1. The number of rotatable bonds is 3. The Morgan fingerprint density at radius 1 is 1.47 bits per heavy atom. The highest BCUT2D eigenvalue weighted by Crippen LogP contribution is 2.26. The van der Waals surface area contributed by atoms with Crippen LogP contribution in [-0.4, -0.2) is 27.0 Å². The van der Waals surface area contributed by atoms with E-state index in [9.17, 15) is 0 Å². The van der Waals surface area contributed by atoms with Gasteiger partial charge in [0.1, 0.15) is 0 Å². The Labute approximate surface area is 108 Å². The van der Waals surface area contributed by atoms with Gasteiger partial charge < -0.3 is 5.32 Å². The van der Waals surface area contributed by atoms with Crippen LogP contribution >= 0.6 is 15.9 Å². The van der Waals surface area contributed by atoms with E-state index in [4.69, 9.17) is 0 Å². The van der Waals surface area contributed by atoms with Crippen molar-refractivity contribution in [3.63, 3.8) is 0 Å². The van der Waals surface area contributed by atoms with Crippen molar-refractivity contribution in [2.24, 2.45) is 7.05 Å². The molecule has 0 saturated heterocycles. The molecule has 1 atom stereocenters. The van der Waals surface area contributed by atoms with Crippen LogP contribution in [0.15, 0.2) is 22.9 Å². The molecule has 2 aromatic rings. The first-order chi connectivity index (χ1) is 8.15. The number of aromatic nitrogens is 4. The number of nitrogens with zero attached hydrogens (tertiary/aromatic N) is 4. The molecule has 0 radical (unpaired) electrons. The van der Waals surface area contributed by atoms with E-state index in [1.807, 2.05) is 33.2 Å². The predicted molar refractivity (Wildman–Crippen MR) is 68.6 cm³/mol. The lowest BCUT2D eigenvalue weighted by atomic mass is 10.1. The van der Waals surface area contributed by atoms with Crippen LogP contribution in [0, 0.1) is 6.92 Å². The van der Waals surface area contributed by atoms with Crippen LogP contribution in [0.25, 0.3) is 0 Å². The van der Waals surface area contributed by atoms with Crippen molar-refractivity contribution in [1.82, 2.24) is 25.3 Å². The maximum absolute atomic E-state index is 4.44. The second-order valence-corrected chi connectivity index (χ2v) is 4.57. The minimum atomic E-state index is -0.0226. The summed E-state index contributed by atoms with van der Waals surface area (Å²) in [5.74, 6) is 0. The van der Waals surface area contributed by atoms with Crippen LogP contribution in [0.2, 0.25) is 0 Å². The Balaban J connectivity index is 2.52. The summed E-state index contributed by atoms with van der Waals surface area (Å²) in [6.45, 7) is 2.05. The van der Waals surface area contributed by atoms with Crippen LogP contribution < -0.4 is 5.32 Å². The second-order valence-electron chi connectivity index (χ2n) is 3.82. The molecule has 5 nitrogen and oxygen atoms in total. The molecule has 0 amide bonds. The fraction of sp³-hybridized carbons (Fsp3) is 0.364. The van der Waals surface area contributed by atoms with Crippen LogP contribution in [0.3, 0.4) is 0 Å². The van der Waals surface area contributed by atoms with E-state index in [1.165, 1.54) is 0 Å². The third-order valence-electron chi connectivity index (χ3n) is 2.71. The van der Waals surface area contributed by atoms with Crippen LogP contribution in [0.1, 0.15) is 23.0 Å². The Bertz CT molecular complexity index is 503. The maximum atomic E-state index is 4.44. The van der Waals surface area contributed by atoms with Gasteiger partial charge in [-0.25, -0.2) is 4.68 Å². The molecule has 90 valence electrons. The monoisotopic (exact) mass is 295 g/mol. The molecule has 0 aliphatic heterocycles. The summed E-state index contributed by atoms with van der Waals surface area (Å²) in [6.07, 6.45) is 1.80.